The first-order valence-corrected chi connectivity index (χ1v) is 12.3. The van der Waals surface area contributed by atoms with Gasteiger partial charge in [0.15, 0.2) is 5.13 Å². The minimum Gasteiger partial charge on any atom is -0.507 e. The molecule has 0 bridgehead atoms. The number of rotatable bonds is 3. The number of hydrogen-bond acceptors (Lipinski definition) is 5. The van der Waals surface area contributed by atoms with E-state index in [1.54, 1.807) is 0 Å². The van der Waals surface area contributed by atoms with E-state index in [4.69, 9.17) is 4.98 Å². The summed E-state index contributed by atoms with van der Waals surface area (Å²) in [6, 6.07) is 16.7. The van der Waals surface area contributed by atoms with E-state index in [9.17, 15) is 14.7 Å². The van der Waals surface area contributed by atoms with Crippen LogP contribution in [-0.2, 0) is 9.59 Å². The van der Waals surface area contributed by atoms with Crippen molar-refractivity contribution >= 4 is 44.1 Å². The van der Waals surface area contributed by atoms with E-state index in [2.05, 4.69) is 6.07 Å². The number of benzene rings is 3. The van der Waals surface area contributed by atoms with Gasteiger partial charge in [-0.3, -0.25) is 14.5 Å². The third kappa shape index (κ3) is 3.84. The fraction of sp³-hybridized carbons (Fsp3) is 0.207. The standard InChI is InChI=1S/C29H26N2O3S/c1-15-7-10-20(11-8-15)25-23(26(32)21-13-16(2)6-9-18(21)4)27(33)28(34)31(25)29-30-24-19(5)12-17(3)14-22(24)35-29/h6-14,25,32H,1-5H3/b26-23+. The lowest BCUT2D eigenvalue weighted by atomic mass is 9.93. The first-order valence-electron chi connectivity index (χ1n) is 11.5. The van der Waals surface area contributed by atoms with Crippen molar-refractivity contribution < 1.29 is 14.7 Å². The van der Waals surface area contributed by atoms with Crippen LogP contribution in [0.5, 0.6) is 0 Å². The zero-order valence-electron chi connectivity index (χ0n) is 20.3. The van der Waals surface area contributed by atoms with Gasteiger partial charge in [-0.15, -0.1) is 0 Å². The van der Waals surface area contributed by atoms with Gasteiger partial charge in [0, 0.05) is 5.56 Å². The quantitative estimate of drug-likeness (QED) is 0.207. The van der Waals surface area contributed by atoms with Crippen LogP contribution in [0.2, 0.25) is 0 Å². The lowest BCUT2D eigenvalue weighted by Crippen LogP contribution is -2.29. The van der Waals surface area contributed by atoms with Crippen molar-refractivity contribution in [3.8, 4) is 0 Å². The highest BCUT2D eigenvalue weighted by Gasteiger charge is 2.48. The van der Waals surface area contributed by atoms with Gasteiger partial charge in [-0.1, -0.05) is 64.9 Å². The highest BCUT2D eigenvalue weighted by Crippen LogP contribution is 2.45. The Kier molecular flexibility index (Phi) is 5.56. The van der Waals surface area contributed by atoms with E-state index >= 15 is 0 Å². The van der Waals surface area contributed by atoms with Gasteiger partial charge in [-0.2, -0.15) is 0 Å². The zero-order chi connectivity index (χ0) is 25.0. The summed E-state index contributed by atoms with van der Waals surface area (Å²) in [4.78, 5) is 33.2. The van der Waals surface area contributed by atoms with E-state index in [1.807, 2.05) is 83.1 Å². The van der Waals surface area contributed by atoms with Crippen molar-refractivity contribution in [1.29, 1.82) is 0 Å². The van der Waals surface area contributed by atoms with Crippen LogP contribution >= 0.6 is 11.3 Å². The second-order valence-corrected chi connectivity index (χ2v) is 10.3. The lowest BCUT2D eigenvalue weighted by Gasteiger charge is -2.23. The van der Waals surface area contributed by atoms with Gasteiger partial charge < -0.3 is 5.11 Å². The van der Waals surface area contributed by atoms with E-state index in [-0.39, 0.29) is 11.3 Å². The Bertz CT molecular complexity index is 1550. The molecule has 1 aliphatic heterocycles. The first-order chi connectivity index (χ1) is 16.7. The average molecular weight is 483 g/mol. The molecule has 1 amide bonds. The number of ketones is 1. The van der Waals surface area contributed by atoms with Gasteiger partial charge in [0.05, 0.1) is 21.8 Å². The van der Waals surface area contributed by atoms with Gasteiger partial charge in [0.2, 0.25) is 0 Å². The first kappa shape index (κ1) is 23.0. The molecule has 1 unspecified atom stereocenters. The highest BCUT2D eigenvalue weighted by atomic mass is 32.1. The van der Waals surface area contributed by atoms with E-state index in [0.29, 0.717) is 10.7 Å². The number of amides is 1. The number of aliphatic hydroxyl groups is 1. The van der Waals surface area contributed by atoms with Gasteiger partial charge in [0.1, 0.15) is 5.76 Å². The molecular formula is C29H26N2O3S. The molecule has 4 aromatic rings. The molecule has 1 aliphatic rings. The molecule has 0 radical (unpaired) electrons. The SMILES string of the molecule is Cc1ccc(C2/C(=C(\O)c3cc(C)ccc3C)C(=O)C(=O)N2c2nc3c(C)cc(C)cc3s2)cc1. The van der Waals surface area contributed by atoms with Crippen molar-refractivity contribution in [1.82, 2.24) is 4.98 Å². The van der Waals surface area contributed by atoms with Crippen molar-refractivity contribution in [3.63, 3.8) is 0 Å². The molecule has 0 aliphatic carbocycles. The smallest absolute Gasteiger partial charge is 0.301 e. The third-order valence-corrected chi connectivity index (χ3v) is 7.51. The number of thiazole rings is 1. The second-order valence-electron chi connectivity index (χ2n) is 9.32. The van der Waals surface area contributed by atoms with E-state index in [1.165, 1.54) is 16.2 Å². The van der Waals surface area contributed by atoms with Crippen molar-refractivity contribution in [2.45, 2.75) is 40.7 Å². The van der Waals surface area contributed by atoms with Crippen LogP contribution in [0, 0.1) is 34.6 Å². The summed E-state index contributed by atoms with van der Waals surface area (Å²) in [5, 5.41) is 11.9. The molecule has 35 heavy (non-hydrogen) atoms. The van der Waals surface area contributed by atoms with Crippen LogP contribution in [0.1, 0.15) is 45.0 Å². The maximum atomic E-state index is 13.5. The van der Waals surface area contributed by atoms with Gasteiger partial charge in [-0.05, 0) is 69.0 Å². The normalized spacial score (nSPS) is 17.5. The predicted molar refractivity (Wildman–Crippen MR) is 141 cm³/mol. The van der Waals surface area contributed by atoms with Crippen molar-refractivity contribution in [3.05, 3.63) is 99.1 Å². The number of Topliss-reactive ketones (excluding diaryl/α,β-unsaturated/α-hetero) is 1. The maximum absolute atomic E-state index is 13.5. The molecule has 1 atom stereocenters. The van der Waals surface area contributed by atoms with Crippen molar-refractivity contribution in [2.24, 2.45) is 0 Å². The number of fused-ring (bicyclic) bond motifs is 1. The minimum absolute atomic E-state index is 0.0831. The molecule has 0 spiro atoms. The number of aliphatic hydroxyl groups excluding tert-OH is 1. The second kappa shape index (κ2) is 8.47. The summed E-state index contributed by atoms with van der Waals surface area (Å²) in [6.07, 6.45) is 0. The summed E-state index contributed by atoms with van der Waals surface area (Å²) in [7, 11) is 0. The number of nitrogens with zero attached hydrogens (tertiary/aromatic N) is 2. The number of hydrogen-bond donors (Lipinski definition) is 1. The molecule has 1 aromatic heterocycles. The number of carbonyl (C=O) groups is 2. The summed E-state index contributed by atoms with van der Waals surface area (Å²) in [5.74, 6) is -1.55. The molecule has 2 heterocycles. The number of anilines is 1. The monoisotopic (exact) mass is 482 g/mol. The van der Waals surface area contributed by atoms with Crippen LogP contribution in [0.25, 0.3) is 16.0 Å². The molecule has 6 heteroatoms. The number of carbonyl (C=O) groups excluding carboxylic acids is 2. The van der Waals surface area contributed by atoms with Crippen LogP contribution in [-0.4, -0.2) is 21.8 Å². The van der Waals surface area contributed by atoms with E-state index in [0.717, 1.165) is 43.6 Å². The molecule has 176 valence electrons. The predicted octanol–water partition coefficient (Wildman–Crippen LogP) is 6.46. The fourth-order valence-corrected chi connectivity index (χ4v) is 5.86. The summed E-state index contributed by atoms with van der Waals surface area (Å²) in [6.45, 7) is 9.80. The Morgan fingerprint density at radius 2 is 1.54 bits per heavy atom. The highest BCUT2D eigenvalue weighted by molar-refractivity contribution is 7.22. The Hall–Kier alpha value is -3.77. The summed E-state index contributed by atoms with van der Waals surface area (Å²) < 4.78 is 0.955. The molecule has 1 saturated heterocycles. The fourth-order valence-electron chi connectivity index (χ4n) is 4.69. The third-order valence-electron chi connectivity index (χ3n) is 6.51. The maximum Gasteiger partial charge on any atom is 0.301 e. The number of aryl methyl sites for hydroxylation is 5. The Labute approximate surface area is 208 Å². The Morgan fingerprint density at radius 3 is 2.26 bits per heavy atom. The summed E-state index contributed by atoms with van der Waals surface area (Å²) >= 11 is 1.38. The van der Waals surface area contributed by atoms with Crippen molar-refractivity contribution in [2.75, 3.05) is 4.90 Å². The lowest BCUT2D eigenvalue weighted by molar-refractivity contribution is -0.132. The molecule has 0 saturated carbocycles. The molecule has 1 fully saturated rings. The summed E-state index contributed by atoms with van der Waals surface area (Å²) in [5.41, 5.74) is 7.16. The van der Waals surface area contributed by atoms with Gasteiger partial charge in [-0.25, -0.2) is 4.98 Å². The molecule has 5 nitrogen and oxygen atoms in total. The Morgan fingerprint density at radius 1 is 0.857 bits per heavy atom. The molecular weight excluding hydrogens is 456 g/mol. The van der Waals surface area contributed by atoms with Crippen LogP contribution in [0.15, 0.2) is 60.2 Å². The average Bonchev–Trinajstić information content (AvgIpc) is 3.34. The molecule has 5 rings (SSSR count). The number of aromatic nitrogens is 1. The van der Waals surface area contributed by atoms with Crippen LogP contribution < -0.4 is 4.90 Å². The Balaban J connectivity index is 1.77. The van der Waals surface area contributed by atoms with Crippen LogP contribution in [0.3, 0.4) is 0 Å². The van der Waals surface area contributed by atoms with Gasteiger partial charge in [0.25, 0.3) is 5.78 Å². The minimum atomic E-state index is -0.780. The molecule has 1 N–H and O–H groups in total. The van der Waals surface area contributed by atoms with Gasteiger partial charge >= 0.3 is 5.91 Å². The van der Waals surface area contributed by atoms with Crippen LogP contribution in [0.4, 0.5) is 5.13 Å². The van der Waals surface area contributed by atoms with E-state index < -0.39 is 17.7 Å². The largest absolute Gasteiger partial charge is 0.507 e. The zero-order valence-corrected chi connectivity index (χ0v) is 21.2. The topological polar surface area (TPSA) is 70.5 Å². The molecule has 3 aromatic carbocycles.